The summed E-state index contributed by atoms with van der Waals surface area (Å²) in [6.07, 6.45) is 4.75. The van der Waals surface area contributed by atoms with E-state index in [1.165, 1.54) is 26.4 Å². The molecule has 0 heterocycles. The quantitative estimate of drug-likeness (QED) is 0.685. The van der Waals surface area contributed by atoms with Crippen molar-refractivity contribution >= 4 is 5.97 Å². The standard InChI is InChI=1S/C11H21NO2/c1-4-12-11(2,10(13)14-3)8-9-6-5-7-9/h9,12H,4-8H2,1-3H3. The van der Waals surface area contributed by atoms with Crippen LogP contribution in [0.2, 0.25) is 0 Å². The lowest BCUT2D eigenvalue weighted by Gasteiger charge is -2.35. The van der Waals surface area contributed by atoms with Crippen LogP contribution in [0.25, 0.3) is 0 Å². The molecule has 3 nitrogen and oxygen atoms in total. The first-order valence-corrected chi connectivity index (χ1v) is 5.46. The Morgan fingerprint density at radius 3 is 2.57 bits per heavy atom. The van der Waals surface area contributed by atoms with Crippen molar-refractivity contribution in [3.8, 4) is 0 Å². The Morgan fingerprint density at radius 1 is 1.57 bits per heavy atom. The van der Waals surface area contributed by atoms with Gasteiger partial charge in [-0.15, -0.1) is 0 Å². The van der Waals surface area contributed by atoms with Crippen molar-refractivity contribution in [3.05, 3.63) is 0 Å². The van der Waals surface area contributed by atoms with Gasteiger partial charge in [-0.3, -0.25) is 4.79 Å². The Morgan fingerprint density at radius 2 is 2.21 bits per heavy atom. The first-order valence-electron chi connectivity index (χ1n) is 5.46. The first-order chi connectivity index (χ1) is 6.62. The maximum Gasteiger partial charge on any atom is 0.325 e. The van der Waals surface area contributed by atoms with E-state index >= 15 is 0 Å². The van der Waals surface area contributed by atoms with Gasteiger partial charge in [0, 0.05) is 0 Å². The van der Waals surface area contributed by atoms with Crippen LogP contribution in [0.5, 0.6) is 0 Å². The zero-order chi connectivity index (χ0) is 10.6. The van der Waals surface area contributed by atoms with Crippen molar-refractivity contribution in [1.29, 1.82) is 0 Å². The van der Waals surface area contributed by atoms with Gasteiger partial charge in [0.05, 0.1) is 7.11 Å². The minimum atomic E-state index is -0.478. The number of hydrogen-bond acceptors (Lipinski definition) is 3. The van der Waals surface area contributed by atoms with Gasteiger partial charge in [-0.25, -0.2) is 0 Å². The first kappa shape index (κ1) is 11.5. The molecule has 0 bridgehead atoms. The molecule has 1 fully saturated rings. The predicted octanol–water partition coefficient (Wildman–Crippen LogP) is 1.72. The monoisotopic (exact) mass is 199 g/mol. The highest BCUT2D eigenvalue weighted by Crippen LogP contribution is 2.34. The SMILES string of the molecule is CCNC(C)(CC1CCC1)C(=O)OC. The Kier molecular flexibility index (Phi) is 3.93. The number of methoxy groups -OCH3 is 1. The molecule has 1 aliphatic rings. The molecule has 0 spiro atoms. The average molecular weight is 199 g/mol. The van der Waals surface area contributed by atoms with Crippen LogP contribution in [0, 0.1) is 5.92 Å². The molecule has 1 aliphatic carbocycles. The van der Waals surface area contributed by atoms with Crippen LogP contribution in [0.3, 0.4) is 0 Å². The van der Waals surface area contributed by atoms with E-state index in [1.54, 1.807) is 0 Å². The smallest absolute Gasteiger partial charge is 0.325 e. The van der Waals surface area contributed by atoms with Crippen LogP contribution in [0.15, 0.2) is 0 Å². The zero-order valence-electron chi connectivity index (χ0n) is 9.43. The molecular formula is C11H21NO2. The highest BCUT2D eigenvalue weighted by molar-refractivity contribution is 5.80. The van der Waals surface area contributed by atoms with E-state index in [0.29, 0.717) is 5.92 Å². The zero-order valence-corrected chi connectivity index (χ0v) is 9.43. The summed E-state index contributed by atoms with van der Waals surface area (Å²) in [5.74, 6) is 0.574. The molecular weight excluding hydrogens is 178 g/mol. The lowest BCUT2D eigenvalue weighted by atomic mass is 9.76. The molecule has 0 aliphatic heterocycles. The molecule has 3 heteroatoms. The van der Waals surface area contributed by atoms with E-state index in [4.69, 9.17) is 4.74 Å². The summed E-state index contributed by atoms with van der Waals surface area (Å²) in [7, 11) is 1.46. The van der Waals surface area contributed by atoms with Crippen LogP contribution in [-0.2, 0) is 9.53 Å². The summed E-state index contributed by atoms with van der Waals surface area (Å²) >= 11 is 0. The molecule has 1 N–H and O–H groups in total. The molecule has 0 aromatic heterocycles. The van der Waals surface area contributed by atoms with Crippen molar-refractivity contribution < 1.29 is 9.53 Å². The second-order valence-corrected chi connectivity index (χ2v) is 4.36. The molecule has 0 radical (unpaired) electrons. The fraction of sp³-hybridized carbons (Fsp3) is 0.909. The molecule has 0 aromatic carbocycles. The number of likely N-dealkylation sites (N-methyl/N-ethyl adjacent to an activating group) is 1. The number of rotatable bonds is 5. The van der Waals surface area contributed by atoms with Gasteiger partial charge in [0.2, 0.25) is 0 Å². The number of nitrogens with one attached hydrogen (secondary N) is 1. The van der Waals surface area contributed by atoms with E-state index in [9.17, 15) is 4.79 Å². The third kappa shape index (κ3) is 2.47. The third-order valence-electron chi connectivity index (χ3n) is 3.12. The lowest BCUT2D eigenvalue weighted by Crippen LogP contribution is -2.51. The van der Waals surface area contributed by atoms with Gasteiger partial charge < -0.3 is 10.1 Å². The van der Waals surface area contributed by atoms with Crippen LogP contribution in [0.1, 0.15) is 39.5 Å². The van der Waals surface area contributed by atoms with Crippen molar-refractivity contribution in [2.45, 2.75) is 45.1 Å². The predicted molar refractivity (Wildman–Crippen MR) is 56.1 cm³/mol. The number of ether oxygens (including phenoxy) is 1. The Balaban J connectivity index is 2.54. The van der Waals surface area contributed by atoms with Crippen LogP contribution in [0.4, 0.5) is 0 Å². The molecule has 0 saturated heterocycles. The normalized spacial score (nSPS) is 21.1. The minimum absolute atomic E-state index is 0.133. The lowest BCUT2D eigenvalue weighted by molar-refractivity contribution is -0.149. The van der Waals surface area contributed by atoms with E-state index < -0.39 is 5.54 Å². The average Bonchev–Trinajstić information content (AvgIpc) is 2.11. The van der Waals surface area contributed by atoms with Crippen molar-refractivity contribution in [2.24, 2.45) is 5.92 Å². The summed E-state index contributed by atoms with van der Waals surface area (Å²) in [6, 6.07) is 0. The largest absolute Gasteiger partial charge is 0.468 e. The van der Waals surface area contributed by atoms with Gasteiger partial charge in [-0.2, -0.15) is 0 Å². The van der Waals surface area contributed by atoms with Crippen molar-refractivity contribution in [3.63, 3.8) is 0 Å². The van der Waals surface area contributed by atoms with Gasteiger partial charge in [0.15, 0.2) is 0 Å². The van der Waals surface area contributed by atoms with E-state index in [0.717, 1.165) is 13.0 Å². The molecule has 1 rings (SSSR count). The Labute approximate surface area is 86.2 Å². The molecule has 14 heavy (non-hydrogen) atoms. The third-order valence-corrected chi connectivity index (χ3v) is 3.12. The molecule has 1 saturated carbocycles. The topological polar surface area (TPSA) is 38.3 Å². The van der Waals surface area contributed by atoms with E-state index in [2.05, 4.69) is 5.32 Å². The molecule has 1 atom stereocenters. The number of hydrogen-bond donors (Lipinski definition) is 1. The Hall–Kier alpha value is -0.570. The second kappa shape index (κ2) is 4.78. The summed E-state index contributed by atoms with van der Waals surface area (Å²) in [5.41, 5.74) is -0.478. The van der Waals surface area contributed by atoms with E-state index in [1.807, 2.05) is 13.8 Å². The van der Waals surface area contributed by atoms with Gasteiger partial charge in [-0.1, -0.05) is 26.2 Å². The number of esters is 1. The molecule has 0 aromatic rings. The number of carbonyl (C=O) groups excluding carboxylic acids is 1. The second-order valence-electron chi connectivity index (χ2n) is 4.36. The summed E-state index contributed by atoms with van der Waals surface area (Å²) in [6.45, 7) is 4.76. The van der Waals surface area contributed by atoms with Crippen molar-refractivity contribution in [2.75, 3.05) is 13.7 Å². The van der Waals surface area contributed by atoms with Gasteiger partial charge in [-0.05, 0) is 25.8 Å². The van der Waals surface area contributed by atoms with Crippen molar-refractivity contribution in [1.82, 2.24) is 5.32 Å². The van der Waals surface area contributed by atoms with E-state index in [-0.39, 0.29) is 5.97 Å². The highest BCUT2D eigenvalue weighted by atomic mass is 16.5. The van der Waals surface area contributed by atoms with Gasteiger partial charge in [0.1, 0.15) is 5.54 Å². The van der Waals surface area contributed by atoms with Gasteiger partial charge >= 0.3 is 5.97 Å². The van der Waals surface area contributed by atoms with Gasteiger partial charge in [0.25, 0.3) is 0 Å². The summed E-state index contributed by atoms with van der Waals surface area (Å²) in [5, 5.41) is 3.23. The molecule has 82 valence electrons. The maximum atomic E-state index is 11.6. The fourth-order valence-corrected chi connectivity index (χ4v) is 2.12. The molecule has 1 unspecified atom stereocenters. The summed E-state index contributed by atoms with van der Waals surface area (Å²) < 4.78 is 4.84. The van der Waals surface area contributed by atoms with Crippen LogP contribution < -0.4 is 5.32 Å². The fourth-order valence-electron chi connectivity index (χ4n) is 2.12. The van der Waals surface area contributed by atoms with Crippen LogP contribution >= 0.6 is 0 Å². The number of carbonyl (C=O) groups is 1. The molecule has 0 amide bonds. The highest BCUT2D eigenvalue weighted by Gasteiger charge is 2.37. The Bertz CT molecular complexity index is 201. The summed E-state index contributed by atoms with van der Waals surface area (Å²) in [4.78, 5) is 11.6. The maximum absolute atomic E-state index is 11.6. The van der Waals surface area contributed by atoms with Crippen LogP contribution in [-0.4, -0.2) is 25.2 Å². The minimum Gasteiger partial charge on any atom is -0.468 e.